The highest BCUT2D eigenvalue weighted by atomic mass is 16.2. The van der Waals surface area contributed by atoms with E-state index in [0.717, 1.165) is 6.42 Å². The molecule has 1 fully saturated rings. The molecule has 1 aromatic rings. The van der Waals surface area contributed by atoms with Crippen molar-refractivity contribution < 1.29 is 5.11 Å². The molecule has 14 heavy (non-hydrogen) atoms. The monoisotopic (exact) mass is 191 g/mol. The maximum absolute atomic E-state index is 8.79. The summed E-state index contributed by atoms with van der Waals surface area (Å²) in [6.45, 7) is 2.63. The highest BCUT2D eigenvalue weighted by Gasteiger charge is 2.11. The second-order valence-corrected chi connectivity index (χ2v) is 3.83. The van der Waals surface area contributed by atoms with Crippen LogP contribution in [0.15, 0.2) is 24.3 Å². The van der Waals surface area contributed by atoms with Crippen LogP contribution in [-0.4, -0.2) is 24.8 Å². The number of hydrogen-bond acceptors (Lipinski definition) is 2. The van der Waals surface area contributed by atoms with Gasteiger partial charge in [0.05, 0.1) is 0 Å². The van der Waals surface area contributed by atoms with Crippen molar-refractivity contribution in [1.82, 2.24) is 0 Å². The second kappa shape index (κ2) is 4.47. The minimum absolute atomic E-state index is 0.239. The normalized spacial score (nSPS) is 16.2. The third-order valence-corrected chi connectivity index (χ3v) is 2.81. The van der Waals surface area contributed by atoms with Crippen molar-refractivity contribution in [3.05, 3.63) is 29.8 Å². The van der Waals surface area contributed by atoms with Crippen LogP contribution in [0.25, 0.3) is 0 Å². The first-order chi connectivity index (χ1) is 6.90. The quantitative estimate of drug-likeness (QED) is 0.787. The lowest BCUT2D eigenvalue weighted by Crippen LogP contribution is -2.17. The molecule has 2 heteroatoms. The van der Waals surface area contributed by atoms with Crippen LogP contribution in [0.4, 0.5) is 5.69 Å². The molecule has 1 aliphatic heterocycles. The molecule has 1 N–H and O–H groups in total. The number of hydrogen-bond donors (Lipinski definition) is 1. The van der Waals surface area contributed by atoms with Gasteiger partial charge in [0.1, 0.15) is 0 Å². The van der Waals surface area contributed by atoms with E-state index in [-0.39, 0.29) is 6.61 Å². The van der Waals surface area contributed by atoms with Crippen LogP contribution in [0.5, 0.6) is 0 Å². The van der Waals surface area contributed by atoms with E-state index in [9.17, 15) is 0 Å². The van der Waals surface area contributed by atoms with Gasteiger partial charge in [-0.05, 0) is 37.0 Å². The fraction of sp³-hybridized carbons (Fsp3) is 0.500. The SMILES string of the molecule is OCCc1ccc(N2CCCC2)cc1. The summed E-state index contributed by atoms with van der Waals surface area (Å²) in [4.78, 5) is 2.42. The molecule has 0 saturated carbocycles. The van der Waals surface area contributed by atoms with Gasteiger partial charge in [-0.2, -0.15) is 0 Å². The Morgan fingerprint density at radius 3 is 2.29 bits per heavy atom. The summed E-state index contributed by atoms with van der Waals surface area (Å²) in [5.74, 6) is 0. The fourth-order valence-corrected chi connectivity index (χ4v) is 1.98. The van der Waals surface area contributed by atoms with Gasteiger partial charge in [-0.25, -0.2) is 0 Å². The Kier molecular flexibility index (Phi) is 3.04. The second-order valence-electron chi connectivity index (χ2n) is 3.83. The van der Waals surface area contributed by atoms with Gasteiger partial charge < -0.3 is 10.0 Å². The zero-order valence-electron chi connectivity index (χ0n) is 8.45. The molecular formula is C12H17NO. The average Bonchev–Trinajstić information content (AvgIpc) is 2.72. The summed E-state index contributed by atoms with van der Waals surface area (Å²) in [5, 5.41) is 8.79. The van der Waals surface area contributed by atoms with E-state index in [0.29, 0.717) is 0 Å². The van der Waals surface area contributed by atoms with Gasteiger partial charge >= 0.3 is 0 Å². The van der Waals surface area contributed by atoms with Gasteiger partial charge in [0.25, 0.3) is 0 Å². The number of nitrogens with zero attached hydrogens (tertiary/aromatic N) is 1. The minimum Gasteiger partial charge on any atom is -0.396 e. The molecule has 0 radical (unpaired) electrons. The molecule has 0 aliphatic carbocycles. The first-order valence-corrected chi connectivity index (χ1v) is 5.35. The van der Waals surface area contributed by atoms with Crippen molar-refractivity contribution in [3.8, 4) is 0 Å². The number of anilines is 1. The summed E-state index contributed by atoms with van der Waals surface area (Å²) >= 11 is 0. The highest BCUT2D eigenvalue weighted by Crippen LogP contribution is 2.20. The van der Waals surface area contributed by atoms with E-state index in [1.165, 1.54) is 37.2 Å². The van der Waals surface area contributed by atoms with Crippen LogP contribution in [0.2, 0.25) is 0 Å². The van der Waals surface area contributed by atoms with Crippen LogP contribution in [-0.2, 0) is 6.42 Å². The molecule has 1 heterocycles. The number of rotatable bonds is 3. The average molecular weight is 191 g/mol. The lowest BCUT2D eigenvalue weighted by Gasteiger charge is -2.17. The van der Waals surface area contributed by atoms with E-state index in [1.807, 2.05) is 0 Å². The largest absolute Gasteiger partial charge is 0.396 e. The Morgan fingerprint density at radius 1 is 1.07 bits per heavy atom. The number of benzene rings is 1. The lowest BCUT2D eigenvalue weighted by atomic mass is 10.1. The Morgan fingerprint density at radius 2 is 1.71 bits per heavy atom. The van der Waals surface area contributed by atoms with Crippen molar-refractivity contribution in [3.63, 3.8) is 0 Å². The Balaban J connectivity index is 2.05. The van der Waals surface area contributed by atoms with Gasteiger partial charge in [0, 0.05) is 25.4 Å². The number of aliphatic hydroxyl groups is 1. The summed E-state index contributed by atoms with van der Waals surface area (Å²) in [6, 6.07) is 8.56. The summed E-state index contributed by atoms with van der Waals surface area (Å²) in [7, 11) is 0. The molecule has 1 aromatic carbocycles. The third kappa shape index (κ3) is 2.07. The van der Waals surface area contributed by atoms with Gasteiger partial charge in [0.2, 0.25) is 0 Å². The first kappa shape index (κ1) is 9.53. The van der Waals surface area contributed by atoms with Crippen LogP contribution < -0.4 is 4.90 Å². The molecule has 0 amide bonds. The molecule has 0 aromatic heterocycles. The lowest BCUT2D eigenvalue weighted by molar-refractivity contribution is 0.299. The molecule has 76 valence electrons. The zero-order valence-corrected chi connectivity index (χ0v) is 8.45. The molecule has 1 saturated heterocycles. The van der Waals surface area contributed by atoms with E-state index in [1.54, 1.807) is 0 Å². The van der Waals surface area contributed by atoms with Crippen LogP contribution in [0.1, 0.15) is 18.4 Å². The molecule has 0 bridgehead atoms. The molecule has 2 nitrogen and oxygen atoms in total. The summed E-state index contributed by atoms with van der Waals surface area (Å²) < 4.78 is 0. The van der Waals surface area contributed by atoms with Gasteiger partial charge in [-0.1, -0.05) is 12.1 Å². The van der Waals surface area contributed by atoms with Crippen LogP contribution in [0.3, 0.4) is 0 Å². The molecule has 2 rings (SSSR count). The van der Waals surface area contributed by atoms with Crippen molar-refractivity contribution in [2.75, 3.05) is 24.6 Å². The maximum atomic E-state index is 8.79. The van der Waals surface area contributed by atoms with Crippen molar-refractivity contribution in [1.29, 1.82) is 0 Å². The van der Waals surface area contributed by atoms with Crippen molar-refractivity contribution in [2.24, 2.45) is 0 Å². The first-order valence-electron chi connectivity index (χ1n) is 5.35. The maximum Gasteiger partial charge on any atom is 0.0471 e. The molecular weight excluding hydrogens is 174 g/mol. The molecule has 0 unspecified atom stereocenters. The van der Waals surface area contributed by atoms with Gasteiger partial charge in [0.15, 0.2) is 0 Å². The highest BCUT2D eigenvalue weighted by molar-refractivity contribution is 5.48. The molecule has 1 aliphatic rings. The van der Waals surface area contributed by atoms with Crippen molar-refractivity contribution >= 4 is 5.69 Å². The minimum atomic E-state index is 0.239. The summed E-state index contributed by atoms with van der Waals surface area (Å²) in [6.07, 6.45) is 3.40. The fourth-order valence-electron chi connectivity index (χ4n) is 1.98. The third-order valence-electron chi connectivity index (χ3n) is 2.81. The van der Waals surface area contributed by atoms with E-state index in [2.05, 4.69) is 29.2 Å². The topological polar surface area (TPSA) is 23.5 Å². The smallest absolute Gasteiger partial charge is 0.0471 e. The van der Waals surface area contributed by atoms with E-state index in [4.69, 9.17) is 5.11 Å². The van der Waals surface area contributed by atoms with E-state index < -0.39 is 0 Å². The van der Waals surface area contributed by atoms with E-state index >= 15 is 0 Å². The Hall–Kier alpha value is -1.02. The Bertz CT molecular complexity index is 275. The van der Waals surface area contributed by atoms with Gasteiger partial charge in [-0.3, -0.25) is 0 Å². The Labute approximate surface area is 85.2 Å². The number of aliphatic hydroxyl groups excluding tert-OH is 1. The predicted octanol–water partition coefficient (Wildman–Crippen LogP) is 1.82. The van der Waals surface area contributed by atoms with Crippen LogP contribution >= 0.6 is 0 Å². The predicted molar refractivity (Wildman–Crippen MR) is 58.7 cm³/mol. The standard InChI is InChI=1S/C12H17NO/c14-10-7-11-3-5-12(6-4-11)13-8-1-2-9-13/h3-6,14H,1-2,7-10H2. The molecule has 0 atom stereocenters. The van der Waals surface area contributed by atoms with Crippen LogP contribution in [0, 0.1) is 0 Å². The van der Waals surface area contributed by atoms with Crippen molar-refractivity contribution in [2.45, 2.75) is 19.3 Å². The van der Waals surface area contributed by atoms with Gasteiger partial charge in [-0.15, -0.1) is 0 Å². The molecule has 0 spiro atoms. The summed E-state index contributed by atoms with van der Waals surface area (Å²) in [5.41, 5.74) is 2.54. The zero-order chi connectivity index (χ0) is 9.80.